The third kappa shape index (κ3) is 4.10. The summed E-state index contributed by atoms with van der Waals surface area (Å²) in [6.45, 7) is 6.20. The number of amidine groups is 1. The summed E-state index contributed by atoms with van der Waals surface area (Å²) in [7, 11) is 1.65. The Morgan fingerprint density at radius 1 is 1.69 bits per heavy atom. The zero-order valence-corrected chi connectivity index (χ0v) is 8.53. The molecule has 0 aromatic rings. The lowest BCUT2D eigenvalue weighted by Crippen LogP contribution is -2.44. The zero-order chi connectivity index (χ0) is 10.3. The molecule has 0 bridgehead atoms. The fraction of sp³-hybridized carbons (Fsp3) is 0.875. The molecule has 5 nitrogen and oxygen atoms in total. The van der Waals surface area contributed by atoms with E-state index in [1.165, 1.54) is 0 Å². The zero-order valence-electron chi connectivity index (χ0n) is 8.53. The molecule has 0 spiro atoms. The van der Waals surface area contributed by atoms with Crippen molar-refractivity contribution in [2.24, 2.45) is 10.9 Å². The van der Waals surface area contributed by atoms with Crippen LogP contribution in [0.5, 0.6) is 0 Å². The molecule has 0 fully saturated rings. The third-order valence-corrected chi connectivity index (χ3v) is 2.08. The first-order valence-electron chi connectivity index (χ1n) is 4.37. The summed E-state index contributed by atoms with van der Waals surface area (Å²) in [5.41, 5.74) is 5.48. The first-order valence-corrected chi connectivity index (χ1v) is 4.37. The van der Waals surface area contributed by atoms with Gasteiger partial charge in [-0.1, -0.05) is 12.1 Å². The highest BCUT2D eigenvalue weighted by Gasteiger charge is 2.15. The molecule has 0 aliphatic heterocycles. The summed E-state index contributed by atoms with van der Waals surface area (Å²) >= 11 is 0. The summed E-state index contributed by atoms with van der Waals surface area (Å²) in [4.78, 5) is 2.07. The van der Waals surface area contributed by atoms with Crippen LogP contribution >= 0.6 is 0 Å². The number of nitrogens with two attached hydrogens (primary N) is 1. The van der Waals surface area contributed by atoms with Crippen LogP contribution in [-0.2, 0) is 4.74 Å². The van der Waals surface area contributed by atoms with Crippen LogP contribution < -0.4 is 5.73 Å². The Morgan fingerprint density at radius 2 is 2.31 bits per heavy atom. The highest BCUT2D eigenvalue weighted by atomic mass is 16.5. The van der Waals surface area contributed by atoms with Crippen LogP contribution in [-0.4, -0.2) is 48.8 Å². The topological polar surface area (TPSA) is 71.1 Å². The summed E-state index contributed by atoms with van der Waals surface area (Å²) < 4.78 is 4.95. The number of likely N-dealkylation sites (N-methyl/N-ethyl adjacent to an activating group) is 1. The quantitative estimate of drug-likeness (QED) is 0.269. The van der Waals surface area contributed by atoms with Crippen molar-refractivity contribution in [1.29, 1.82) is 0 Å². The van der Waals surface area contributed by atoms with Gasteiger partial charge in [0.05, 0.1) is 12.6 Å². The molecule has 0 aromatic heterocycles. The van der Waals surface area contributed by atoms with Gasteiger partial charge in [-0.25, -0.2) is 0 Å². The molecule has 13 heavy (non-hydrogen) atoms. The number of hydrogen-bond acceptors (Lipinski definition) is 4. The number of nitrogens with zero attached hydrogens (tertiary/aromatic N) is 2. The molecule has 1 atom stereocenters. The fourth-order valence-corrected chi connectivity index (χ4v) is 1.10. The van der Waals surface area contributed by atoms with Crippen LogP contribution in [0.2, 0.25) is 0 Å². The van der Waals surface area contributed by atoms with Crippen molar-refractivity contribution in [1.82, 2.24) is 4.90 Å². The van der Waals surface area contributed by atoms with Crippen molar-refractivity contribution in [2.45, 2.75) is 19.9 Å². The summed E-state index contributed by atoms with van der Waals surface area (Å²) in [6, 6.07) is -0.0508. The Hall–Kier alpha value is -0.810. The van der Waals surface area contributed by atoms with E-state index < -0.39 is 0 Å². The van der Waals surface area contributed by atoms with E-state index >= 15 is 0 Å². The van der Waals surface area contributed by atoms with E-state index in [0.29, 0.717) is 6.61 Å². The number of hydrogen-bond donors (Lipinski definition) is 2. The Bertz CT molecular complexity index is 161. The molecule has 0 radical (unpaired) electrons. The van der Waals surface area contributed by atoms with E-state index in [4.69, 9.17) is 15.7 Å². The van der Waals surface area contributed by atoms with Crippen LogP contribution in [0.25, 0.3) is 0 Å². The SMILES string of the molecule is CCN(CCOC)C(C)C(N)=NO. The van der Waals surface area contributed by atoms with E-state index in [2.05, 4.69) is 10.1 Å². The average molecular weight is 189 g/mol. The Morgan fingerprint density at radius 3 is 2.69 bits per heavy atom. The molecular formula is C8H19N3O2. The molecular weight excluding hydrogens is 170 g/mol. The van der Waals surface area contributed by atoms with Gasteiger partial charge in [-0.15, -0.1) is 0 Å². The van der Waals surface area contributed by atoms with Crippen molar-refractivity contribution in [2.75, 3.05) is 26.8 Å². The Labute approximate surface area is 79.2 Å². The number of methoxy groups -OCH3 is 1. The Balaban J connectivity index is 4.06. The predicted octanol–water partition coefficient (Wildman–Crippen LogP) is 0.0896. The van der Waals surface area contributed by atoms with Crippen LogP contribution in [0, 0.1) is 0 Å². The van der Waals surface area contributed by atoms with Gasteiger partial charge in [0.1, 0.15) is 0 Å². The predicted molar refractivity (Wildman–Crippen MR) is 52.0 cm³/mol. The largest absolute Gasteiger partial charge is 0.409 e. The second kappa shape index (κ2) is 6.68. The lowest BCUT2D eigenvalue weighted by Gasteiger charge is -2.26. The molecule has 0 aromatic carbocycles. The van der Waals surface area contributed by atoms with Gasteiger partial charge in [0, 0.05) is 13.7 Å². The second-order valence-electron chi connectivity index (χ2n) is 2.82. The molecule has 0 rings (SSSR count). The Kier molecular flexibility index (Phi) is 6.26. The van der Waals surface area contributed by atoms with Crippen molar-refractivity contribution < 1.29 is 9.94 Å². The third-order valence-electron chi connectivity index (χ3n) is 2.08. The lowest BCUT2D eigenvalue weighted by molar-refractivity contribution is 0.143. The maximum absolute atomic E-state index is 8.48. The molecule has 5 heteroatoms. The molecule has 78 valence electrons. The minimum atomic E-state index is -0.0508. The van der Waals surface area contributed by atoms with Crippen molar-refractivity contribution >= 4 is 5.84 Å². The van der Waals surface area contributed by atoms with E-state index in [1.807, 2.05) is 13.8 Å². The molecule has 0 aliphatic rings. The first-order chi connectivity index (χ1) is 6.17. The summed E-state index contributed by atoms with van der Waals surface area (Å²) in [5.74, 6) is 0.234. The van der Waals surface area contributed by atoms with E-state index in [1.54, 1.807) is 7.11 Å². The minimum Gasteiger partial charge on any atom is -0.409 e. The van der Waals surface area contributed by atoms with Crippen molar-refractivity contribution in [3.8, 4) is 0 Å². The molecule has 0 heterocycles. The number of oxime groups is 1. The van der Waals surface area contributed by atoms with Gasteiger partial charge >= 0.3 is 0 Å². The highest BCUT2D eigenvalue weighted by molar-refractivity contribution is 5.84. The van der Waals surface area contributed by atoms with Crippen LogP contribution in [0.15, 0.2) is 5.16 Å². The molecule has 0 saturated carbocycles. The normalized spacial score (nSPS) is 14.9. The lowest BCUT2D eigenvalue weighted by atomic mass is 10.2. The second-order valence-corrected chi connectivity index (χ2v) is 2.82. The van der Waals surface area contributed by atoms with Crippen LogP contribution in [0.1, 0.15) is 13.8 Å². The fourth-order valence-electron chi connectivity index (χ4n) is 1.10. The molecule has 0 aliphatic carbocycles. The van der Waals surface area contributed by atoms with Gasteiger partial charge in [0.25, 0.3) is 0 Å². The maximum Gasteiger partial charge on any atom is 0.156 e. The van der Waals surface area contributed by atoms with Gasteiger partial charge in [-0.05, 0) is 13.5 Å². The van der Waals surface area contributed by atoms with Crippen molar-refractivity contribution in [3.63, 3.8) is 0 Å². The minimum absolute atomic E-state index is 0.0508. The average Bonchev–Trinajstić information content (AvgIpc) is 2.17. The van der Waals surface area contributed by atoms with Crippen molar-refractivity contribution in [3.05, 3.63) is 0 Å². The molecule has 0 amide bonds. The van der Waals surface area contributed by atoms with Gasteiger partial charge < -0.3 is 15.7 Å². The van der Waals surface area contributed by atoms with E-state index in [9.17, 15) is 0 Å². The summed E-state index contributed by atoms with van der Waals surface area (Å²) in [5, 5.41) is 11.5. The molecule has 3 N–H and O–H groups in total. The maximum atomic E-state index is 8.48. The highest BCUT2D eigenvalue weighted by Crippen LogP contribution is 1.98. The van der Waals surface area contributed by atoms with Gasteiger partial charge in [-0.2, -0.15) is 0 Å². The standard InChI is InChI=1S/C8H19N3O2/c1-4-11(5-6-13-3)7(2)8(9)10-12/h7,12H,4-6H2,1-3H3,(H2,9,10). The van der Waals surface area contributed by atoms with Gasteiger partial charge in [0.2, 0.25) is 0 Å². The van der Waals surface area contributed by atoms with Gasteiger partial charge in [-0.3, -0.25) is 4.90 Å². The number of rotatable bonds is 6. The van der Waals surface area contributed by atoms with Gasteiger partial charge in [0.15, 0.2) is 5.84 Å². The van der Waals surface area contributed by atoms with E-state index in [0.717, 1.165) is 13.1 Å². The number of ether oxygens (including phenoxy) is 1. The summed E-state index contributed by atoms with van der Waals surface area (Å²) in [6.07, 6.45) is 0. The van der Waals surface area contributed by atoms with E-state index in [-0.39, 0.29) is 11.9 Å². The first kappa shape index (κ1) is 12.2. The molecule has 0 saturated heterocycles. The van der Waals surface area contributed by atoms with Crippen LogP contribution in [0.3, 0.4) is 0 Å². The molecule has 1 unspecified atom stereocenters. The smallest absolute Gasteiger partial charge is 0.156 e. The van der Waals surface area contributed by atoms with Crippen LogP contribution in [0.4, 0.5) is 0 Å². The monoisotopic (exact) mass is 189 g/mol.